The molecule has 0 amide bonds. The lowest BCUT2D eigenvalue weighted by Gasteiger charge is -2.40. The van der Waals surface area contributed by atoms with Crippen LogP contribution in [0.15, 0.2) is 66.9 Å². The van der Waals surface area contributed by atoms with E-state index < -0.39 is 0 Å². The molecule has 1 unspecified atom stereocenters. The number of aryl methyl sites for hydroxylation is 3. The van der Waals surface area contributed by atoms with Crippen LogP contribution >= 0.6 is 0 Å². The van der Waals surface area contributed by atoms with E-state index >= 15 is 0 Å². The molecule has 29 heavy (non-hydrogen) atoms. The topological polar surface area (TPSA) is 19.4 Å². The molecule has 1 aliphatic heterocycles. The van der Waals surface area contributed by atoms with Gasteiger partial charge in [0.05, 0.1) is 6.04 Å². The van der Waals surface area contributed by atoms with Crippen molar-refractivity contribution >= 4 is 0 Å². The van der Waals surface area contributed by atoms with Crippen LogP contribution in [0.5, 0.6) is 0 Å². The highest BCUT2D eigenvalue weighted by Crippen LogP contribution is 2.36. The van der Waals surface area contributed by atoms with Crippen molar-refractivity contribution in [2.24, 2.45) is 0 Å². The Bertz CT molecular complexity index is 941. The summed E-state index contributed by atoms with van der Waals surface area (Å²) in [6.07, 6.45) is 4.08. The summed E-state index contributed by atoms with van der Waals surface area (Å²) in [6.45, 7) is 7.65. The molecule has 0 saturated carbocycles. The monoisotopic (exact) mass is 383 g/mol. The lowest BCUT2D eigenvalue weighted by atomic mass is 9.94. The maximum atomic E-state index is 4.75. The van der Waals surface area contributed by atoms with Crippen molar-refractivity contribution in [2.45, 2.75) is 32.4 Å². The molecule has 1 aromatic heterocycles. The SMILES string of the molecule is Cc1cccc(CN2CCN(C3c4ccccc4CCc4ncccc43)CC2)c1. The van der Waals surface area contributed by atoms with E-state index in [1.165, 1.54) is 33.5 Å². The summed E-state index contributed by atoms with van der Waals surface area (Å²) >= 11 is 0. The van der Waals surface area contributed by atoms with Gasteiger partial charge in [0.2, 0.25) is 0 Å². The van der Waals surface area contributed by atoms with E-state index in [0.717, 1.165) is 45.6 Å². The highest BCUT2D eigenvalue weighted by Gasteiger charge is 2.31. The molecular weight excluding hydrogens is 354 g/mol. The van der Waals surface area contributed by atoms with E-state index in [4.69, 9.17) is 4.98 Å². The third kappa shape index (κ3) is 3.85. The van der Waals surface area contributed by atoms with Gasteiger partial charge in [-0.25, -0.2) is 0 Å². The average molecular weight is 384 g/mol. The minimum atomic E-state index is 0.332. The van der Waals surface area contributed by atoms with Gasteiger partial charge in [0, 0.05) is 44.6 Å². The molecule has 0 spiro atoms. The number of aromatic nitrogens is 1. The molecule has 1 saturated heterocycles. The average Bonchev–Trinajstić information content (AvgIpc) is 2.91. The van der Waals surface area contributed by atoms with Gasteiger partial charge in [-0.05, 0) is 48.1 Å². The second kappa shape index (κ2) is 8.10. The van der Waals surface area contributed by atoms with Gasteiger partial charge in [-0.15, -0.1) is 0 Å². The van der Waals surface area contributed by atoms with Crippen molar-refractivity contribution in [3.05, 3.63) is 100 Å². The predicted octanol–water partition coefficient (Wildman–Crippen LogP) is 4.40. The van der Waals surface area contributed by atoms with Crippen LogP contribution < -0.4 is 0 Å². The lowest BCUT2D eigenvalue weighted by Crippen LogP contribution is -2.47. The molecule has 148 valence electrons. The molecule has 0 bridgehead atoms. The number of hydrogen-bond acceptors (Lipinski definition) is 3. The molecule has 0 radical (unpaired) electrons. The van der Waals surface area contributed by atoms with E-state index in [-0.39, 0.29) is 0 Å². The molecule has 1 aliphatic carbocycles. The fourth-order valence-electron chi connectivity index (χ4n) is 5.00. The second-order valence-electron chi connectivity index (χ2n) is 8.44. The largest absolute Gasteiger partial charge is 0.297 e. The van der Waals surface area contributed by atoms with Gasteiger partial charge in [0.25, 0.3) is 0 Å². The van der Waals surface area contributed by atoms with Crippen molar-refractivity contribution in [1.29, 1.82) is 0 Å². The molecule has 3 aromatic rings. The molecule has 3 heteroatoms. The van der Waals surface area contributed by atoms with E-state index in [2.05, 4.69) is 77.4 Å². The molecule has 3 nitrogen and oxygen atoms in total. The predicted molar refractivity (Wildman–Crippen MR) is 118 cm³/mol. The molecule has 1 fully saturated rings. The van der Waals surface area contributed by atoms with Gasteiger partial charge in [0.1, 0.15) is 0 Å². The number of nitrogens with zero attached hydrogens (tertiary/aromatic N) is 3. The first-order chi connectivity index (χ1) is 14.3. The molecule has 2 heterocycles. The number of pyridine rings is 1. The van der Waals surface area contributed by atoms with E-state index in [0.29, 0.717) is 6.04 Å². The van der Waals surface area contributed by atoms with Gasteiger partial charge < -0.3 is 0 Å². The Morgan fingerprint density at radius 3 is 2.55 bits per heavy atom. The molecular formula is C26H29N3. The summed E-state index contributed by atoms with van der Waals surface area (Å²) in [5.74, 6) is 0. The maximum absolute atomic E-state index is 4.75. The highest BCUT2D eigenvalue weighted by atomic mass is 15.3. The molecule has 2 aliphatic rings. The van der Waals surface area contributed by atoms with E-state index in [1.807, 2.05) is 6.20 Å². The number of rotatable bonds is 3. The Kier molecular flexibility index (Phi) is 5.17. The zero-order chi connectivity index (χ0) is 19.6. The van der Waals surface area contributed by atoms with Crippen LogP contribution in [-0.4, -0.2) is 41.0 Å². The summed E-state index contributed by atoms with van der Waals surface area (Å²) in [6, 6.07) is 22.7. The maximum Gasteiger partial charge on any atom is 0.0623 e. The molecule has 5 rings (SSSR count). The molecule has 1 atom stereocenters. The minimum absolute atomic E-state index is 0.332. The van der Waals surface area contributed by atoms with Crippen molar-refractivity contribution in [3.63, 3.8) is 0 Å². The summed E-state index contributed by atoms with van der Waals surface area (Å²) in [4.78, 5) is 10.0. The summed E-state index contributed by atoms with van der Waals surface area (Å²) in [7, 11) is 0. The van der Waals surface area contributed by atoms with E-state index in [9.17, 15) is 0 Å². The Morgan fingerprint density at radius 1 is 0.862 bits per heavy atom. The first-order valence-electron chi connectivity index (χ1n) is 10.8. The van der Waals surface area contributed by atoms with Crippen molar-refractivity contribution in [2.75, 3.05) is 26.2 Å². The quantitative estimate of drug-likeness (QED) is 0.668. The van der Waals surface area contributed by atoms with Crippen LogP contribution in [0.2, 0.25) is 0 Å². The zero-order valence-corrected chi connectivity index (χ0v) is 17.2. The van der Waals surface area contributed by atoms with Gasteiger partial charge in [-0.1, -0.05) is 60.2 Å². The number of hydrogen-bond donors (Lipinski definition) is 0. The zero-order valence-electron chi connectivity index (χ0n) is 17.2. The third-order valence-electron chi connectivity index (χ3n) is 6.46. The van der Waals surface area contributed by atoms with Crippen LogP contribution in [0, 0.1) is 6.92 Å². The number of fused-ring (bicyclic) bond motifs is 2. The van der Waals surface area contributed by atoms with Gasteiger partial charge >= 0.3 is 0 Å². The van der Waals surface area contributed by atoms with Crippen molar-refractivity contribution < 1.29 is 0 Å². The first-order valence-corrected chi connectivity index (χ1v) is 10.8. The first kappa shape index (κ1) is 18.5. The van der Waals surface area contributed by atoms with Crippen LogP contribution in [-0.2, 0) is 19.4 Å². The van der Waals surface area contributed by atoms with E-state index in [1.54, 1.807) is 0 Å². The number of piperazine rings is 1. The Labute approximate surface area is 174 Å². The van der Waals surface area contributed by atoms with Crippen molar-refractivity contribution in [1.82, 2.24) is 14.8 Å². The van der Waals surface area contributed by atoms with Crippen LogP contribution in [0.4, 0.5) is 0 Å². The van der Waals surface area contributed by atoms with Crippen LogP contribution in [0.25, 0.3) is 0 Å². The molecule has 0 N–H and O–H groups in total. The normalized spacial score (nSPS) is 20.0. The Hall–Kier alpha value is -2.49. The highest BCUT2D eigenvalue weighted by molar-refractivity contribution is 5.42. The smallest absolute Gasteiger partial charge is 0.0623 e. The lowest BCUT2D eigenvalue weighted by molar-refractivity contribution is 0.104. The van der Waals surface area contributed by atoms with Gasteiger partial charge in [-0.2, -0.15) is 0 Å². The Balaban J connectivity index is 1.38. The number of benzene rings is 2. The fraction of sp³-hybridized carbons (Fsp3) is 0.346. The van der Waals surface area contributed by atoms with Crippen LogP contribution in [0.1, 0.15) is 39.6 Å². The van der Waals surface area contributed by atoms with Crippen LogP contribution in [0.3, 0.4) is 0 Å². The van der Waals surface area contributed by atoms with Gasteiger partial charge in [-0.3, -0.25) is 14.8 Å². The molecule has 2 aromatic carbocycles. The van der Waals surface area contributed by atoms with Crippen molar-refractivity contribution in [3.8, 4) is 0 Å². The fourth-order valence-corrected chi connectivity index (χ4v) is 5.00. The Morgan fingerprint density at radius 2 is 1.69 bits per heavy atom. The second-order valence-corrected chi connectivity index (χ2v) is 8.44. The summed E-state index contributed by atoms with van der Waals surface area (Å²) in [5, 5.41) is 0. The van der Waals surface area contributed by atoms with Gasteiger partial charge in [0.15, 0.2) is 0 Å². The summed E-state index contributed by atoms with van der Waals surface area (Å²) < 4.78 is 0. The standard InChI is InChI=1S/C26H29N3/c1-20-6-4-7-21(18-20)19-28-14-16-29(17-15-28)26-23-9-3-2-8-22(23)11-12-25-24(26)10-5-13-27-25/h2-10,13,18,26H,11-12,14-17,19H2,1H3. The third-order valence-corrected chi connectivity index (χ3v) is 6.46. The minimum Gasteiger partial charge on any atom is -0.297 e. The summed E-state index contributed by atoms with van der Waals surface area (Å²) in [5.41, 5.74) is 8.41.